The third-order valence-corrected chi connectivity index (χ3v) is 4.43. The third kappa shape index (κ3) is 3.98. The molecule has 0 saturated carbocycles. The summed E-state index contributed by atoms with van der Waals surface area (Å²) in [4.78, 5) is 4.30. The van der Waals surface area contributed by atoms with Crippen molar-refractivity contribution in [2.75, 3.05) is 20.2 Å². The van der Waals surface area contributed by atoms with Crippen LogP contribution in [-0.4, -0.2) is 50.5 Å². The summed E-state index contributed by atoms with van der Waals surface area (Å²) in [6.45, 7) is 1.85. The van der Waals surface area contributed by atoms with Gasteiger partial charge in [0.25, 0.3) is 0 Å². The van der Waals surface area contributed by atoms with E-state index >= 15 is 0 Å². The fraction of sp³-hybridized carbons (Fsp3) is 0.929. The van der Waals surface area contributed by atoms with E-state index in [0.29, 0.717) is 24.4 Å². The van der Waals surface area contributed by atoms with E-state index in [0.717, 1.165) is 32.0 Å². The molecule has 3 aliphatic rings. The number of nitrogens with one attached hydrogen (secondary N) is 2. The number of aliphatic imine (C=N–C) groups is 1. The normalized spacial score (nSPS) is 36.0. The van der Waals surface area contributed by atoms with Crippen LogP contribution in [0.1, 0.15) is 38.5 Å². The zero-order chi connectivity index (χ0) is 13.1. The van der Waals surface area contributed by atoms with E-state index in [1.165, 1.54) is 25.7 Å². The minimum absolute atomic E-state index is 0. The summed E-state index contributed by atoms with van der Waals surface area (Å²) in [7, 11) is 1.83. The van der Waals surface area contributed by atoms with Crippen molar-refractivity contribution in [2.45, 2.75) is 62.9 Å². The minimum atomic E-state index is 0. The molecule has 0 radical (unpaired) electrons. The third-order valence-electron chi connectivity index (χ3n) is 4.43. The second kappa shape index (κ2) is 7.79. The van der Waals surface area contributed by atoms with Crippen molar-refractivity contribution < 1.29 is 9.47 Å². The Hall–Kier alpha value is -0.0800. The van der Waals surface area contributed by atoms with Gasteiger partial charge in [-0.1, -0.05) is 0 Å². The van der Waals surface area contributed by atoms with Gasteiger partial charge in [0.2, 0.25) is 0 Å². The molecular formula is C14H26IN3O2. The topological polar surface area (TPSA) is 54.9 Å². The zero-order valence-electron chi connectivity index (χ0n) is 12.1. The van der Waals surface area contributed by atoms with Crippen molar-refractivity contribution in [1.29, 1.82) is 0 Å². The average molecular weight is 395 g/mol. The Morgan fingerprint density at radius 1 is 1.30 bits per heavy atom. The highest BCUT2D eigenvalue weighted by Gasteiger charge is 2.41. The van der Waals surface area contributed by atoms with Crippen molar-refractivity contribution in [2.24, 2.45) is 4.99 Å². The smallest absolute Gasteiger partial charge is 0.191 e. The Labute approximate surface area is 138 Å². The molecule has 0 aromatic carbocycles. The standard InChI is InChI=1S/C14H25N3O2.HI/c1-15-14(16-7-6-10-3-2-8-18-10)17-12-9-11-4-5-13(12)19-11;/h10-13H,2-9H2,1H3,(H2,15,16,17);1H. The Morgan fingerprint density at radius 3 is 2.80 bits per heavy atom. The molecule has 6 heteroatoms. The van der Waals surface area contributed by atoms with E-state index in [2.05, 4.69) is 15.6 Å². The maximum atomic E-state index is 5.85. The van der Waals surface area contributed by atoms with Gasteiger partial charge >= 0.3 is 0 Å². The zero-order valence-corrected chi connectivity index (χ0v) is 14.5. The first-order chi connectivity index (χ1) is 9.35. The molecule has 3 heterocycles. The van der Waals surface area contributed by atoms with Gasteiger partial charge in [-0.2, -0.15) is 0 Å². The molecule has 3 saturated heterocycles. The van der Waals surface area contributed by atoms with E-state index in [-0.39, 0.29) is 24.0 Å². The summed E-state index contributed by atoms with van der Waals surface area (Å²) in [5, 5.41) is 6.88. The number of fused-ring (bicyclic) bond motifs is 2. The van der Waals surface area contributed by atoms with Gasteiger partial charge in [0, 0.05) is 20.2 Å². The molecule has 0 aromatic rings. The summed E-state index contributed by atoms with van der Waals surface area (Å²) in [6.07, 6.45) is 8.33. The molecule has 0 spiro atoms. The summed E-state index contributed by atoms with van der Waals surface area (Å²) in [5.41, 5.74) is 0. The van der Waals surface area contributed by atoms with Crippen molar-refractivity contribution in [1.82, 2.24) is 10.6 Å². The van der Waals surface area contributed by atoms with Crippen molar-refractivity contribution in [3.05, 3.63) is 0 Å². The maximum Gasteiger partial charge on any atom is 0.191 e. The van der Waals surface area contributed by atoms with Crippen LogP contribution in [-0.2, 0) is 9.47 Å². The first kappa shape index (κ1) is 16.3. The number of halogens is 1. The first-order valence-corrected chi connectivity index (χ1v) is 7.59. The fourth-order valence-corrected chi connectivity index (χ4v) is 3.38. The molecular weight excluding hydrogens is 369 g/mol. The molecule has 0 aliphatic carbocycles. The van der Waals surface area contributed by atoms with Crippen LogP contribution in [0.2, 0.25) is 0 Å². The number of hydrogen-bond donors (Lipinski definition) is 2. The SMILES string of the molecule is CN=C(NCCC1CCCO1)NC1CC2CCC1O2.I. The Kier molecular flexibility index (Phi) is 6.35. The lowest BCUT2D eigenvalue weighted by atomic mass is 9.96. The molecule has 4 unspecified atom stereocenters. The van der Waals surface area contributed by atoms with E-state index in [9.17, 15) is 0 Å². The van der Waals surface area contributed by atoms with E-state index < -0.39 is 0 Å². The molecule has 3 aliphatic heterocycles. The molecule has 3 rings (SSSR count). The number of guanidine groups is 1. The predicted octanol–water partition coefficient (Wildman–Crippen LogP) is 1.66. The van der Waals surface area contributed by atoms with Crippen LogP contribution in [0.15, 0.2) is 4.99 Å². The highest BCUT2D eigenvalue weighted by atomic mass is 127. The van der Waals surface area contributed by atoms with Crippen LogP contribution < -0.4 is 10.6 Å². The number of nitrogens with zero attached hydrogens (tertiary/aromatic N) is 1. The van der Waals surface area contributed by atoms with Crippen molar-refractivity contribution in [3.8, 4) is 0 Å². The van der Waals surface area contributed by atoms with E-state index in [4.69, 9.17) is 9.47 Å². The lowest BCUT2D eigenvalue weighted by molar-refractivity contribution is 0.0990. The number of rotatable bonds is 4. The second-order valence-electron chi connectivity index (χ2n) is 5.78. The Bertz CT molecular complexity index is 334. The fourth-order valence-electron chi connectivity index (χ4n) is 3.38. The quantitative estimate of drug-likeness (QED) is 0.432. The lowest BCUT2D eigenvalue weighted by Crippen LogP contribution is -2.47. The number of hydrogen-bond acceptors (Lipinski definition) is 3. The van der Waals surface area contributed by atoms with Gasteiger partial charge < -0.3 is 20.1 Å². The van der Waals surface area contributed by atoms with Crippen LogP contribution >= 0.6 is 24.0 Å². The summed E-state index contributed by atoms with van der Waals surface area (Å²) < 4.78 is 11.5. The lowest BCUT2D eigenvalue weighted by Gasteiger charge is -2.23. The van der Waals surface area contributed by atoms with Gasteiger partial charge in [-0.3, -0.25) is 4.99 Å². The molecule has 2 N–H and O–H groups in total. The molecule has 0 amide bonds. The molecule has 20 heavy (non-hydrogen) atoms. The van der Waals surface area contributed by atoms with Gasteiger partial charge in [0.1, 0.15) is 0 Å². The molecule has 4 atom stereocenters. The summed E-state index contributed by atoms with van der Waals surface area (Å²) in [6, 6.07) is 0.438. The van der Waals surface area contributed by atoms with Crippen LogP contribution in [0.25, 0.3) is 0 Å². The largest absolute Gasteiger partial charge is 0.378 e. The van der Waals surface area contributed by atoms with Crippen LogP contribution in [0, 0.1) is 0 Å². The summed E-state index contributed by atoms with van der Waals surface area (Å²) in [5.74, 6) is 0.902. The predicted molar refractivity (Wildman–Crippen MR) is 89.8 cm³/mol. The second-order valence-corrected chi connectivity index (χ2v) is 5.78. The van der Waals surface area contributed by atoms with Crippen LogP contribution in [0.5, 0.6) is 0 Å². The van der Waals surface area contributed by atoms with Gasteiger partial charge in [-0.25, -0.2) is 0 Å². The Morgan fingerprint density at radius 2 is 2.20 bits per heavy atom. The number of ether oxygens (including phenoxy) is 2. The highest BCUT2D eigenvalue weighted by molar-refractivity contribution is 14.0. The van der Waals surface area contributed by atoms with Crippen LogP contribution in [0.3, 0.4) is 0 Å². The Balaban J connectivity index is 0.00000147. The van der Waals surface area contributed by atoms with Gasteiger partial charge in [0.15, 0.2) is 5.96 Å². The van der Waals surface area contributed by atoms with E-state index in [1.807, 2.05) is 7.05 Å². The molecule has 3 fully saturated rings. The minimum Gasteiger partial charge on any atom is -0.378 e. The maximum absolute atomic E-state index is 5.85. The monoisotopic (exact) mass is 395 g/mol. The average Bonchev–Trinajstić information content (AvgIpc) is 3.14. The van der Waals surface area contributed by atoms with Crippen LogP contribution in [0.4, 0.5) is 0 Å². The van der Waals surface area contributed by atoms with Crippen molar-refractivity contribution >= 4 is 29.9 Å². The van der Waals surface area contributed by atoms with Gasteiger partial charge in [-0.15, -0.1) is 24.0 Å². The van der Waals surface area contributed by atoms with Gasteiger partial charge in [0.05, 0.1) is 24.4 Å². The highest BCUT2D eigenvalue weighted by Crippen LogP contribution is 2.34. The molecule has 116 valence electrons. The first-order valence-electron chi connectivity index (χ1n) is 7.59. The molecule has 0 aromatic heterocycles. The molecule has 2 bridgehead atoms. The summed E-state index contributed by atoms with van der Waals surface area (Å²) >= 11 is 0. The van der Waals surface area contributed by atoms with Crippen molar-refractivity contribution in [3.63, 3.8) is 0 Å². The molecule has 5 nitrogen and oxygen atoms in total. The van der Waals surface area contributed by atoms with Gasteiger partial charge in [-0.05, 0) is 38.5 Å². The van der Waals surface area contributed by atoms with E-state index in [1.54, 1.807) is 0 Å².